The largest absolute Gasteiger partial charge is 0.484 e. The average Bonchev–Trinajstić information content (AvgIpc) is 3.30. The van der Waals surface area contributed by atoms with Crippen LogP contribution in [-0.2, 0) is 14.3 Å². The Bertz CT molecular complexity index is 1050. The van der Waals surface area contributed by atoms with Crippen molar-refractivity contribution in [3.05, 3.63) is 64.9 Å². The molecule has 4 unspecified atom stereocenters. The maximum absolute atomic E-state index is 13.5. The third-order valence-corrected chi connectivity index (χ3v) is 7.28. The minimum atomic E-state index is -0.595. The highest BCUT2D eigenvalue weighted by Crippen LogP contribution is 2.45. The third-order valence-electron chi connectivity index (χ3n) is 6.98. The summed E-state index contributed by atoms with van der Waals surface area (Å²) in [7, 11) is 0. The number of benzene rings is 2. The number of hydrogen-bond acceptors (Lipinski definition) is 5. The second-order valence-electron chi connectivity index (χ2n) is 9.20. The van der Waals surface area contributed by atoms with Gasteiger partial charge in [0.25, 0.3) is 11.8 Å². The first kappa shape index (κ1) is 23.1. The summed E-state index contributed by atoms with van der Waals surface area (Å²) in [4.78, 5) is 25.3. The van der Waals surface area contributed by atoms with Crippen LogP contribution in [0.5, 0.6) is 5.75 Å². The first-order chi connectivity index (χ1) is 16.5. The molecule has 4 fully saturated rings. The van der Waals surface area contributed by atoms with Gasteiger partial charge in [0, 0.05) is 24.7 Å². The van der Waals surface area contributed by atoms with Gasteiger partial charge < -0.3 is 20.1 Å². The number of rotatable bonds is 7. The summed E-state index contributed by atoms with van der Waals surface area (Å²) in [6, 6.07) is 13.8. The Morgan fingerprint density at radius 2 is 1.79 bits per heavy atom. The van der Waals surface area contributed by atoms with Gasteiger partial charge in [-0.15, -0.1) is 0 Å². The molecule has 3 aliphatic carbocycles. The van der Waals surface area contributed by atoms with Gasteiger partial charge in [-0.3, -0.25) is 14.9 Å². The highest BCUT2D eigenvalue weighted by molar-refractivity contribution is 6.30. The van der Waals surface area contributed by atoms with Gasteiger partial charge in [0.1, 0.15) is 17.8 Å². The van der Waals surface area contributed by atoms with E-state index in [0.717, 1.165) is 24.5 Å². The molecule has 2 bridgehead atoms. The van der Waals surface area contributed by atoms with Crippen molar-refractivity contribution in [1.82, 2.24) is 16.0 Å². The Balaban J connectivity index is 1.10. The summed E-state index contributed by atoms with van der Waals surface area (Å²) in [6.45, 7) is 0.238. The van der Waals surface area contributed by atoms with Gasteiger partial charge in [0.2, 0.25) is 0 Å². The fourth-order valence-electron chi connectivity index (χ4n) is 5.07. The zero-order valence-electron chi connectivity index (χ0n) is 18.5. The fourth-order valence-corrected chi connectivity index (χ4v) is 5.19. The van der Waals surface area contributed by atoms with Crippen LogP contribution >= 0.6 is 11.6 Å². The number of fused-ring (bicyclic) bond motifs is 2. The molecule has 2 amide bonds. The molecule has 4 atom stereocenters. The monoisotopic (exact) mass is 487 g/mol. The Morgan fingerprint density at radius 3 is 2.53 bits per heavy atom. The molecule has 3 saturated carbocycles. The van der Waals surface area contributed by atoms with Gasteiger partial charge in [-0.1, -0.05) is 41.9 Å². The smallest absolute Gasteiger partial charge is 0.258 e. The summed E-state index contributed by atoms with van der Waals surface area (Å²) in [5, 5.41) is 9.43. The van der Waals surface area contributed by atoms with Crippen molar-refractivity contribution in [2.45, 2.75) is 43.7 Å². The van der Waals surface area contributed by atoms with Crippen molar-refractivity contribution < 1.29 is 23.5 Å². The summed E-state index contributed by atoms with van der Waals surface area (Å²) >= 11 is 5.67. The number of carbonyl (C=O) groups excluding carboxylic acids is 2. The molecule has 2 aromatic rings. The maximum Gasteiger partial charge on any atom is 0.258 e. The SMILES string of the molecule is O=C(COc1ccc(Cl)c(F)c1)NC1CC(NC(=O)C2CNC(c3ccccc3)O2)C2CC1C2. The lowest BCUT2D eigenvalue weighted by Crippen LogP contribution is -2.61. The maximum atomic E-state index is 13.5. The van der Waals surface area contributed by atoms with E-state index in [2.05, 4.69) is 16.0 Å². The van der Waals surface area contributed by atoms with Crippen LogP contribution in [0.4, 0.5) is 4.39 Å². The zero-order valence-corrected chi connectivity index (χ0v) is 19.3. The molecule has 2 aromatic carbocycles. The van der Waals surface area contributed by atoms with Crippen LogP contribution in [0, 0.1) is 17.7 Å². The summed E-state index contributed by atoms with van der Waals surface area (Å²) in [5.74, 6) is 0.0804. The van der Waals surface area contributed by atoms with Gasteiger partial charge in [0.15, 0.2) is 12.7 Å². The van der Waals surface area contributed by atoms with Gasteiger partial charge in [-0.25, -0.2) is 4.39 Å². The van der Waals surface area contributed by atoms with E-state index in [1.54, 1.807) is 0 Å². The average molecular weight is 488 g/mol. The molecule has 1 aliphatic heterocycles. The second-order valence-corrected chi connectivity index (χ2v) is 9.61. The van der Waals surface area contributed by atoms with Crippen LogP contribution in [0.3, 0.4) is 0 Å². The predicted molar refractivity (Wildman–Crippen MR) is 124 cm³/mol. The minimum Gasteiger partial charge on any atom is -0.484 e. The third kappa shape index (κ3) is 5.04. The zero-order chi connectivity index (χ0) is 23.7. The molecule has 0 aromatic heterocycles. The standard InChI is InChI=1S/C25H27ClFN3O4/c26-18-7-6-17(10-19(18)27)33-13-23(31)29-20-11-21(16-8-15(20)9-16)30-24(32)22-12-28-25(34-22)14-4-2-1-3-5-14/h1-7,10,15-16,20-22,25,28H,8-9,11-13H2,(H,29,31)(H,30,32). The van der Waals surface area contributed by atoms with Crippen molar-refractivity contribution in [3.8, 4) is 5.75 Å². The van der Waals surface area contributed by atoms with Gasteiger partial charge in [-0.05, 0) is 48.8 Å². The first-order valence-corrected chi connectivity index (χ1v) is 12.0. The molecular weight excluding hydrogens is 461 g/mol. The Kier molecular flexibility index (Phi) is 6.72. The van der Waals surface area contributed by atoms with Crippen LogP contribution in [0.1, 0.15) is 31.1 Å². The Morgan fingerprint density at radius 1 is 1.06 bits per heavy atom. The number of ether oxygens (including phenoxy) is 2. The number of nitrogens with one attached hydrogen (secondary N) is 3. The lowest BCUT2D eigenvalue weighted by Gasteiger charge is -2.51. The number of halogens is 2. The van der Waals surface area contributed by atoms with E-state index in [-0.39, 0.29) is 47.5 Å². The molecule has 3 N–H and O–H groups in total. The topological polar surface area (TPSA) is 88.7 Å². The normalized spacial score (nSPS) is 29.7. The predicted octanol–water partition coefficient (Wildman–Crippen LogP) is 2.94. The van der Waals surface area contributed by atoms with E-state index >= 15 is 0 Å². The van der Waals surface area contributed by atoms with Crippen molar-refractivity contribution >= 4 is 23.4 Å². The minimum absolute atomic E-state index is 0.000931. The molecule has 6 rings (SSSR count). The van der Waals surface area contributed by atoms with Gasteiger partial charge in [0.05, 0.1) is 5.02 Å². The highest BCUT2D eigenvalue weighted by Gasteiger charge is 2.47. The van der Waals surface area contributed by atoms with E-state index in [4.69, 9.17) is 21.1 Å². The lowest BCUT2D eigenvalue weighted by molar-refractivity contribution is -0.134. The van der Waals surface area contributed by atoms with E-state index in [1.807, 2.05) is 30.3 Å². The van der Waals surface area contributed by atoms with Crippen molar-refractivity contribution in [2.24, 2.45) is 11.8 Å². The highest BCUT2D eigenvalue weighted by atomic mass is 35.5. The Hall–Kier alpha value is -2.68. The van der Waals surface area contributed by atoms with Crippen LogP contribution in [-0.4, -0.2) is 43.2 Å². The first-order valence-electron chi connectivity index (χ1n) is 11.6. The molecule has 1 saturated heterocycles. The molecule has 9 heteroatoms. The Labute approximate surface area is 202 Å². The van der Waals surface area contributed by atoms with Crippen LogP contribution < -0.4 is 20.7 Å². The number of hydrogen-bond donors (Lipinski definition) is 3. The molecule has 34 heavy (non-hydrogen) atoms. The van der Waals surface area contributed by atoms with Crippen LogP contribution in [0.25, 0.3) is 0 Å². The molecule has 180 valence electrons. The quantitative estimate of drug-likeness (QED) is 0.559. The van der Waals surface area contributed by atoms with Crippen molar-refractivity contribution in [2.75, 3.05) is 13.2 Å². The van der Waals surface area contributed by atoms with Crippen LogP contribution in [0.2, 0.25) is 5.02 Å². The molecule has 1 heterocycles. The second kappa shape index (κ2) is 9.90. The molecular formula is C25H27ClFN3O4. The van der Waals surface area contributed by atoms with E-state index in [9.17, 15) is 14.0 Å². The lowest BCUT2D eigenvalue weighted by atomic mass is 9.60. The van der Waals surface area contributed by atoms with Crippen molar-refractivity contribution in [1.29, 1.82) is 0 Å². The van der Waals surface area contributed by atoms with E-state index in [1.165, 1.54) is 12.1 Å². The van der Waals surface area contributed by atoms with Gasteiger partial charge >= 0.3 is 0 Å². The number of carbonyl (C=O) groups is 2. The summed E-state index contributed by atoms with van der Waals surface area (Å²) < 4.78 is 24.9. The fraction of sp³-hybridized carbons (Fsp3) is 0.440. The molecule has 7 nitrogen and oxygen atoms in total. The molecule has 0 radical (unpaired) electrons. The van der Waals surface area contributed by atoms with E-state index in [0.29, 0.717) is 24.8 Å². The molecule has 4 aliphatic rings. The van der Waals surface area contributed by atoms with Crippen molar-refractivity contribution in [3.63, 3.8) is 0 Å². The summed E-state index contributed by atoms with van der Waals surface area (Å²) in [6.07, 6.45) is 1.76. The number of amides is 2. The summed E-state index contributed by atoms with van der Waals surface area (Å²) in [5.41, 5.74) is 0.989. The van der Waals surface area contributed by atoms with Crippen LogP contribution in [0.15, 0.2) is 48.5 Å². The van der Waals surface area contributed by atoms with E-state index < -0.39 is 11.9 Å². The van der Waals surface area contributed by atoms with Gasteiger partial charge in [-0.2, -0.15) is 0 Å². The molecule has 0 spiro atoms.